The molecule has 0 N–H and O–H groups in total. The molecule has 0 radical (unpaired) electrons. The van der Waals surface area contributed by atoms with Crippen molar-refractivity contribution in [2.75, 3.05) is 5.75 Å². The number of thioether (sulfide) groups is 1. The molecule has 7 heteroatoms. The standard InChI is InChI=1S/C13H11BF2N2OS/c14-19-13-10-6-20-2-1-11(10)17-12(18-13)7-3-8(15)5-9(16)4-7/h3-5H,1-2,6,14H2. The third-order valence-corrected chi connectivity index (χ3v) is 4.08. The zero-order chi connectivity index (χ0) is 14.1. The maximum absolute atomic E-state index is 13.3. The van der Waals surface area contributed by atoms with E-state index in [-0.39, 0.29) is 0 Å². The second-order valence-corrected chi connectivity index (χ2v) is 5.55. The molecule has 0 atom stereocenters. The first kappa shape index (κ1) is 13.4. The average molecular weight is 292 g/mol. The van der Waals surface area contributed by atoms with E-state index >= 15 is 0 Å². The Balaban J connectivity index is 2.14. The predicted molar refractivity (Wildman–Crippen MR) is 76.4 cm³/mol. The molecule has 0 bridgehead atoms. The van der Waals surface area contributed by atoms with Crippen LogP contribution >= 0.6 is 11.8 Å². The number of benzene rings is 1. The molecule has 0 saturated heterocycles. The van der Waals surface area contributed by atoms with Gasteiger partial charge in [0.15, 0.2) is 5.82 Å². The van der Waals surface area contributed by atoms with Crippen molar-refractivity contribution in [2.24, 2.45) is 0 Å². The Morgan fingerprint density at radius 2 is 1.90 bits per heavy atom. The van der Waals surface area contributed by atoms with E-state index in [0.717, 1.165) is 35.3 Å². The molecule has 3 rings (SSSR count). The van der Waals surface area contributed by atoms with Crippen molar-refractivity contribution in [2.45, 2.75) is 12.2 Å². The molecule has 102 valence electrons. The lowest BCUT2D eigenvalue weighted by molar-refractivity contribution is 0.573. The van der Waals surface area contributed by atoms with E-state index in [1.807, 2.05) is 0 Å². The minimum atomic E-state index is -0.643. The van der Waals surface area contributed by atoms with Gasteiger partial charge in [0, 0.05) is 22.9 Å². The van der Waals surface area contributed by atoms with Gasteiger partial charge < -0.3 is 4.65 Å². The topological polar surface area (TPSA) is 35.0 Å². The van der Waals surface area contributed by atoms with Crippen molar-refractivity contribution in [1.29, 1.82) is 0 Å². The molecule has 0 aliphatic carbocycles. The molecule has 0 spiro atoms. The van der Waals surface area contributed by atoms with Crippen LogP contribution in [-0.4, -0.2) is 23.8 Å². The Morgan fingerprint density at radius 1 is 1.15 bits per heavy atom. The summed E-state index contributed by atoms with van der Waals surface area (Å²) in [7, 11) is 1.54. The summed E-state index contributed by atoms with van der Waals surface area (Å²) in [5, 5.41) is 0. The Kier molecular flexibility index (Phi) is 3.61. The van der Waals surface area contributed by atoms with Crippen LogP contribution in [0.15, 0.2) is 18.2 Å². The molecule has 1 aromatic carbocycles. The summed E-state index contributed by atoms with van der Waals surface area (Å²) in [5.74, 6) is 1.28. The molecule has 0 fully saturated rings. The third kappa shape index (κ3) is 2.50. The fraction of sp³-hybridized carbons (Fsp3) is 0.231. The maximum atomic E-state index is 13.3. The number of hydrogen-bond acceptors (Lipinski definition) is 4. The van der Waals surface area contributed by atoms with E-state index in [4.69, 9.17) is 4.65 Å². The molecular weight excluding hydrogens is 281 g/mol. The molecule has 2 heterocycles. The highest BCUT2D eigenvalue weighted by Crippen LogP contribution is 2.31. The molecule has 1 aromatic heterocycles. The van der Waals surface area contributed by atoms with Crippen LogP contribution in [-0.2, 0) is 12.2 Å². The van der Waals surface area contributed by atoms with E-state index < -0.39 is 11.6 Å². The predicted octanol–water partition coefficient (Wildman–Crippen LogP) is 2.14. The largest absolute Gasteiger partial charge is 0.555 e. The summed E-state index contributed by atoms with van der Waals surface area (Å²) in [6, 6.07) is 3.28. The first-order chi connectivity index (χ1) is 9.67. The van der Waals surface area contributed by atoms with E-state index in [1.54, 1.807) is 11.8 Å². The number of rotatable bonds is 2. The van der Waals surface area contributed by atoms with Crippen molar-refractivity contribution in [1.82, 2.24) is 9.97 Å². The van der Waals surface area contributed by atoms with Crippen LogP contribution in [0.2, 0.25) is 0 Å². The zero-order valence-corrected chi connectivity index (χ0v) is 11.6. The van der Waals surface area contributed by atoms with Crippen molar-refractivity contribution < 1.29 is 13.4 Å². The highest BCUT2D eigenvalue weighted by atomic mass is 32.2. The van der Waals surface area contributed by atoms with Gasteiger partial charge in [0.2, 0.25) is 5.88 Å². The summed E-state index contributed by atoms with van der Waals surface area (Å²) in [6.07, 6.45) is 0.809. The van der Waals surface area contributed by atoms with Crippen molar-refractivity contribution in [3.05, 3.63) is 41.1 Å². The van der Waals surface area contributed by atoms with Gasteiger partial charge in [-0.15, -0.1) is 0 Å². The monoisotopic (exact) mass is 292 g/mol. The van der Waals surface area contributed by atoms with E-state index in [2.05, 4.69) is 9.97 Å². The number of fused-ring (bicyclic) bond motifs is 1. The van der Waals surface area contributed by atoms with Gasteiger partial charge in [-0.1, -0.05) is 0 Å². The fourth-order valence-electron chi connectivity index (χ4n) is 2.18. The first-order valence-electron chi connectivity index (χ1n) is 6.15. The molecule has 0 amide bonds. The summed E-state index contributed by atoms with van der Waals surface area (Å²) < 4.78 is 31.9. The Bertz CT molecular complexity index is 632. The Labute approximate surface area is 120 Å². The van der Waals surface area contributed by atoms with Crippen LogP contribution in [0, 0.1) is 11.6 Å². The van der Waals surface area contributed by atoms with Crippen molar-refractivity contribution >= 4 is 19.8 Å². The van der Waals surface area contributed by atoms with Gasteiger partial charge in [-0.3, -0.25) is 0 Å². The summed E-state index contributed by atoms with van der Waals surface area (Å²) in [6.45, 7) is 0. The fourth-order valence-corrected chi connectivity index (χ4v) is 3.16. The minimum absolute atomic E-state index is 0.297. The van der Waals surface area contributed by atoms with Gasteiger partial charge >= 0.3 is 8.05 Å². The molecular formula is C13H11BF2N2OS. The van der Waals surface area contributed by atoms with Crippen LogP contribution < -0.4 is 4.65 Å². The van der Waals surface area contributed by atoms with Crippen molar-refractivity contribution in [3.63, 3.8) is 0 Å². The number of nitrogens with zero attached hydrogens (tertiary/aromatic N) is 2. The third-order valence-electron chi connectivity index (χ3n) is 3.10. The molecule has 20 heavy (non-hydrogen) atoms. The molecule has 3 nitrogen and oxygen atoms in total. The average Bonchev–Trinajstić information content (AvgIpc) is 2.45. The van der Waals surface area contributed by atoms with Crippen LogP contribution in [0.5, 0.6) is 5.88 Å². The minimum Gasteiger partial charge on any atom is -0.555 e. The normalized spacial score (nSPS) is 13.9. The van der Waals surface area contributed by atoms with Gasteiger partial charge in [0.05, 0.1) is 5.69 Å². The number of halogens is 2. The van der Waals surface area contributed by atoms with Crippen LogP contribution in [0.3, 0.4) is 0 Å². The highest BCUT2D eigenvalue weighted by molar-refractivity contribution is 7.98. The highest BCUT2D eigenvalue weighted by Gasteiger charge is 2.19. The first-order valence-corrected chi connectivity index (χ1v) is 7.31. The molecule has 0 unspecified atom stereocenters. The Morgan fingerprint density at radius 3 is 2.60 bits per heavy atom. The van der Waals surface area contributed by atoms with Crippen LogP contribution in [0.4, 0.5) is 8.78 Å². The number of aromatic nitrogens is 2. The lowest BCUT2D eigenvalue weighted by Gasteiger charge is -2.18. The van der Waals surface area contributed by atoms with Gasteiger partial charge in [-0.2, -0.15) is 16.7 Å². The Hall–Kier alpha value is -1.63. The number of aryl methyl sites for hydroxylation is 1. The molecule has 1 aliphatic heterocycles. The lowest BCUT2D eigenvalue weighted by atomic mass is 10.1. The summed E-state index contributed by atoms with van der Waals surface area (Å²) in [4.78, 5) is 8.71. The van der Waals surface area contributed by atoms with Gasteiger partial charge in [-0.25, -0.2) is 13.8 Å². The van der Waals surface area contributed by atoms with E-state index in [9.17, 15) is 8.78 Å². The van der Waals surface area contributed by atoms with Crippen LogP contribution in [0.25, 0.3) is 11.4 Å². The lowest BCUT2D eigenvalue weighted by Crippen LogP contribution is -2.10. The second-order valence-electron chi connectivity index (χ2n) is 4.44. The summed E-state index contributed by atoms with van der Waals surface area (Å²) >= 11 is 1.79. The van der Waals surface area contributed by atoms with E-state index in [0.29, 0.717) is 17.3 Å². The maximum Gasteiger partial charge on any atom is 0.324 e. The molecule has 0 saturated carbocycles. The van der Waals surface area contributed by atoms with Gasteiger partial charge in [0.25, 0.3) is 0 Å². The molecule has 1 aliphatic rings. The quantitative estimate of drug-likeness (QED) is 0.794. The van der Waals surface area contributed by atoms with E-state index in [1.165, 1.54) is 20.2 Å². The zero-order valence-electron chi connectivity index (χ0n) is 10.8. The second kappa shape index (κ2) is 5.40. The SMILES string of the molecule is BOc1nc(-c2cc(F)cc(F)c2)nc2c1CSCC2. The van der Waals surface area contributed by atoms with Gasteiger partial charge in [0.1, 0.15) is 11.6 Å². The molecule has 2 aromatic rings. The number of hydrogen-bond donors (Lipinski definition) is 0. The summed E-state index contributed by atoms with van der Waals surface area (Å²) in [5.41, 5.74) is 2.20. The van der Waals surface area contributed by atoms with Crippen LogP contribution in [0.1, 0.15) is 11.3 Å². The van der Waals surface area contributed by atoms with Crippen molar-refractivity contribution in [3.8, 4) is 17.3 Å². The van der Waals surface area contributed by atoms with Gasteiger partial charge in [-0.05, 0) is 24.3 Å². The smallest absolute Gasteiger partial charge is 0.324 e.